The molecule has 0 saturated carbocycles. The Balaban J connectivity index is 2.04. The van der Waals surface area contributed by atoms with Gasteiger partial charge < -0.3 is 9.30 Å². The number of carbonyl (C=O) groups excluding carboxylic acids is 1. The molecule has 1 aromatic heterocycles. The van der Waals surface area contributed by atoms with Crippen LogP contribution in [0.4, 0.5) is 0 Å². The molecule has 0 radical (unpaired) electrons. The lowest BCUT2D eigenvalue weighted by atomic mass is 10.1. The second kappa shape index (κ2) is 7.53. The van der Waals surface area contributed by atoms with Crippen LogP contribution >= 0.6 is 33.9 Å². The van der Waals surface area contributed by atoms with Gasteiger partial charge in [0.05, 0.1) is 18.4 Å². The van der Waals surface area contributed by atoms with E-state index < -0.39 is 0 Å². The molecule has 0 saturated heterocycles. The van der Waals surface area contributed by atoms with E-state index >= 15 is 0 Å². The number of amides is 1. The molecule has 0 N–H and O–H groups in total. The van der Waals surface area contributed by atoms with E-state index in [1.165, 1.54) is 11.3 Å². The predicted octanol–water partition coefficient (Wildman–Crippen LogP) is 4.42. The molecule has 0 atom stereocenters. The first kappa shape index (κ1) is 17.9. The fourth-order valence-corrected chi connectivity index (χ4v) is 4.21. The van der Waals surface area contributed by atoms with Crippen molar-refractivity contribution in [3.8, 4) is 17.0 Å². The summed E-state index contributed by atoms with van der Waals surface area (Å²) >= 11 is 3.68. The highest BCUT2D eigenvalue weighted by Gasteiger charge is 2.13. The zero-order valence-electron chi connectivity index (χ0n) is 14.1. The minimum Gasteiger partial charge on any atom is -0.497 e. The van der Waals surface area contributed by atoms with Crippen LogP contribution in [-0.4, -0.2) is 17.6 Å². The first-order valence-electron chi connectivity index (χ1n) is 7.65. The van der Waals surface area contributed by atoms with E-state index in [9.17, 15) is 4.79 Å². The number of ether oxygens (including phenoxy) is 1. The van der Waals surface area contributed by atoms with Crippen molar-refractivity contribution in [1.29, 1.82) is 0 Å². The summed E-state index contributed by atoms with van der Waals surface area (Å²) in [4.78, 5) is 18.7. The number of hydrogen-bond acceptors (Lipinski definition) is 3. The highest BCUT2D eigenvalue weighted by atomic mass is 127. The van der Waals surface area contributed by atoms with Gasteiger partial charge in [0.15, 0.2) is 4.80 Å². The third kappa shape index (κ3) is 3.69. The van der Waals surface area contributed by atoms with Crippen molar-refractivity contribution < 1.29 is 9.53 Å². The fraction of sp³-hybridized carbons (Fsp3) is 0.158. The molecule has 1 amide bonds. The Hall–Kier alpha value is -1.93. The Labute approximate surface area is 164 Å². The minimum absolute atomic E-state index is 0.219. The van der Waals surface area contributed by atoms with Gasteiger partial charge >= 0.3 is 0 Å². The molecule has 6 heteroatoms. The van der Waals surface area contributed by atoms with Gasteiger partial charge in [-0.2, -0.15) is 4.99 Å². The summed E-state index contributed by atoms with van der Waals surface area (Å²) in [6.07, 6.45) is 0. The molecule has 25 heavy (non-hydrogen) atoms. The lowest BCUT2D eigenvalue weighted by molar-refractivity contribution is 0.0997. The molecule has 3 rings (SSSR count). The zero-order chi connectivity index (χ0) is 18.0. The highest BCUT2D eigenvalue weighted by Crippen LogP contribution is 2.26. The lowest BCUT2D eigenvalue weighted by Gasteiger charge is -2.06. The Bertz CT molecular complexity index is 987. The van der Waals surface area contributed by atoms with Crippen molar-refractivity contribution in [2.24, 2.45) is 12.0 Å². The predicted molar refractivity (Wildman–Crippen MR) is 109 cm³/mol. The molecule has 0 unspecified atom stereocenters. The van der Waals surface area contributed by atoms with Gasteiger partial charge in [-0.3, -0.25) is 4.79 Å². The van der Waals surface area contributed by atoms with E-state index in [4.69, 9.17) is 4.74 Å². The van der Waals surface area contributed by atoms with Gasteiger partial charge in [0.2, 0.25) is 0 Å². The smallest absolute Gasteiger partial charge is 0.280 e. The van der Waals surface area contributed by atoms with Gasteiger partial charge in [0.25, 0.3) is 5.91 Å². The second-order valence-electron chi connectivity index (χ2n) is 5.47. The van der Waals surface area contributed by atoms with E-state index in [1.54, 1.807) is 13.2 Å². The normalized spacial score (nSPS) is 11.6. The summed E-state index contributed by atoms with van der Waals surface area (Å²) in [5.41, 5.74) is 2.75. The number of halogens is 1. The van der Waals surface area contributed by atoms with Gasteiger partial charge in [0.1, 0.15) is 5.75 Å². The quantitative estimate of drug-likeness (QED) is 0.539. The molecule has 0 bridgehead atoms. The van der Waals surface area contributed by atoms with Gasteiger partial charge in [-0.05, 0) is 71.5 Å². The van der Waals surface area contributed by atoms with Crippen LogP contribution in [0.25, 0.3) is 11.3 Å². The van der Waals surface area contributed by atoms with Crippen LogP contribution in [0.2, 0.25) is 0 Å². The third-order valence-corrected chi connectivity index (χ3v) is 5.85. The largest absolute Gasteiger partial charge is 0.497 e. The summed E-state index contributed by atoms with van der Waals surface area (Å²) in [6.45, 7) is 2.04. The van der Waals surface area contributed by atoms with Crippen LogP contribution in [-0.2, 0) is 7.05 Å². The fourth-order valence-electron chi connectivity index (χ4n) is 2.61. The molecule has 3 aromatic rings. The van der Waals surface area contributed by atoms with Crippen LogP contribution < -0.4 is 9.54 Å². The van der Waals surface area contributed by atoms with Crippen molar-refractivity contribution in [3.63, 3.8) is 0 Å². The number of hydrogen-bond donors (Lipinski definition) is 0. The van der Waals surface area contributed by atoms with E-state index in [1.807, 2.05) is 61.0 Å². The van der Waals surface area contributed by atoms with Crippen LogP contribution in [0.3, 0.4) is 0 Å². The van der Waals surface area contributed by atoms with E-state index in [0.29, 0.717) is 10.4 Å². The lowest BCUT2D eigenvalue weighted by Crippen LogP contribution is -2.14. The number of aromatic nitrogens is 1. The third-order valence-electron chi connectivity index (χ3n) is 3.87. The Kier molecular flexibility index (Phi) is 5.39. The van der Waals surface area contributed by atoms with Gasteiger partial charge in [-0.15, -0.1) is 11.3 Å². The van der Waals surface area contributed by atoms with Crippen LogP contribution in [0.5, 0.6) is 5.75 Å². The van der Waals surface area contributed by atoms with Crippen molar-refractivity contribution in [2.45, 2.75) is 6.92 Å². The van der Waals surface area contributed by atoms with Crippen molar-refractivity contribution in [3.05, 3.63) is 67.3 Å². The Morgan fingerprint density at radius 1 is 1.16 bits per heavy atom. The molecule has 1 heterocycles. The molecule has 0 fully saturated rings. The molecule has 4 nitrogen and oxygen atoms in total. The van der Waals surface area contributed by atoms with Crippen LogP contribution in [0.15, 0.2) is 53.5 Å². The second-order valence-corrected chi connectivity index (χ2v) is 7.82. The van der Waals surface area contributed by atoms with Gasteiger partial charge in [-0.25, -0.2) is 0 Å². The van der Waals surface area contributed by atoms with E-state index in [2.05, 4.69) is 27.6 Å². The first-order valence-corrected chi connectivity index (χ1v) is 9.55. The number of aryl methyl sites for hydroxylation is 1. The van der Waals surface area contributed by atoms with Gasteiger partial charge in [-0.1, -0.05) is 12.1 Å². The van der Waals surface area contributed by atoms with Crippen molar-refractivity contribution >= 4 is 39.8 Å². The maximum atomic E-state index is 12.5. The molecule has 0 aliphatic carbocycles. The van der Waals surface area contributed by atoms with E-state index in [-0.39, 0.29) is 5.91 Å². The summed E-state index contributed by atoms with van der Waals surface area (Å²) in [5, 5.41) is 0. The van der Waals surface area contributed by atoms with Gasteiger partial charge in [0, 0.05) is 15.5 Å². The molecule has 0 aliphatic rings. The number of rotatable bonds is 3. The summed E-state index contributed by atoms with van der Waals surface area (Å²) in [5.74, 6) is 0.598. The average Bonchev–Trinajstić information content (AvgIpc) is 2.89. The topological polar surface area (TPSA) is 43.6 Å². The molecular weight excluding hydrogens is 447 g/mol. The molecule has 2 aromatic carbocycles. The number of methoxy groups -OCH3 is 1. The number of nitrogens with zero attached hydrogens (tertiary/aromatic N) is 2. The molecule has 0 spiro atoms. The SMILES string of the molecule is COc1ccc(-c2c(C)sc(=NC(=O)c3ccccc3I)n2C)cc1. The number of thiazole rings is 1. The summed E-state index contributed by atoms with van der Waals surface area (Å²) in [6, 6.07) is 15.4. The van der Waals surface area contributed by atoms with Crippen molar-refractivity contribution in [2.75, 3.05) is 7.11 Å². The number of carbonyl (C=O) groups is 1. The maximum Gasteiger partial charge on any atom is 0.280 e. The zero-order valence-corrected chi connectivity index (χ0v) is 17.1. The number of benzene rings is 2. The molecule has 128 valence electrons. The summed E-state index contributed by atoms with van der Waals surface area (Å²) < 4.78 is 8.09. The van der Waals surface area contributed by atoms with Crippen LogP contribution in [0, 0.1) is 10.5 Å². The molecule has 0 aliphatic heterocycles. The maximum absolute atomic E-state index is 12.5. The van der Waals surface area contributed by atoms with Crippen molar-refractivity contribution in [1.82, 2.24) is 4.57 Å². The highest BCUT2D eigenvalue weighted by molar-refractivity contribution is 14.1. The Morgan fingerprint density at radius 3 is 2.48 bits per heavy atom. The minimum atomic E-state index is -0.219. The molecular formula is C19H17IN2O2S. The average molecular weight is 464 g/mol. The monoisotopic (exact) mass is 464 g/mol. The Morgan fingerprint density at radius 2 is 1.84 bits per heavy atom. The standard InChI is InChI=1S/C19H17IN2O2S/c1-12-17(13-8-10-14(24-3)11-9-13)22(2)19(25-12)21-18(23)15-6-4-5-7-16(15)20/h4-11H,1-3H3. The first-order chi connectivity index (χ1) is 12.0. The van der Waals surface area contributed by atoms with Crippen LogP contribution in [0.1, 0.15) is 15.2 Å². The summed E-state index contributed by atoms with van der Waals surface area (Å²) in [7, 11) is 3.59. The van der Waals surface area contributed by atoms with E-state index in [0.717, 1.165) is 25.5 Å².